The van der Waals surface area contributed by atoms with E-state index < -0.39 is 12.1 Å². The van der Waals surface area contributed by atoms with E-state index in [0.29, 0.717) is 52.9 Å². The normalized spacial score (nSPS) is 17.3. The third-order valence-electron chi connectivity index (χ3n) is 6.45. The van der Waals surface area contributed by atoms with Crippen LogP contribution in [0.25, 0.3) is 11.3 Å². The lowest BCUT2D eigenvalue weighted by atomic mass is 10.0. The lowest BCUT2D eigenvalue weighted by Crippen LogP contribution is -2.50. The van der Waals surface area contributed by atoms with Gasteiger partial charge in [-0.1, -0.05) is 17.7 Å². The Hall–Kier alpha value is -3.76. The number of carboxylic acid groups (broad SMARTS) is 1. The van der Waals surface area contributed by atoms with Gasteiger partial charge in [-0.15, -0.1) is 0 Å². The molecule has 1 atom stereocenters. The fourth-order valence-corrected chi connectivity index (χ4v) is 4.69. The van der Waals surface area contributed by atoms with Gasteiger partial charge in [-0.3, -0.25) is 14.7 Å². The highest BCUT2D eigenvalue weighted by molar-refractivity contribution is 6.31. The summed E-state index contributed by atoms with van der Waals surface area (Å²) < 4.78 is 11.6. The molecule has 11 heteroatoms. The van der Waals surface area contributed by atoms with Crippen LogP contribution in [0.15, 0.2) is 36.7 Å². The number of H-pyrrole nitrogens is 1. The molecule has 0 unspecified atom stereocenters. The van der Waals surface area contributed by atoms with Gasteiger partial charge in [0.2, 0.25) is 0 Å². The molecule has 2 aliphatic heterocycles. The Labute approximate surface area is 212 Å². The Morgan fingerprint density at radius 1 is 1.39 bits per heavy atom. The smallest absolute Gasteiger partial charge is 0.407 e. The number of morpholine rings is 1. The first-order valence-electron chi connectivity index (χ1n) is 11.6. The number of anilines is 2. The number of carbonyl (C=O) groups is 2. The zero-order valence-electron chi connectivity index (χ0n) is 19.6. The summed E-state index contributed by atoms with van der Waals surface area (Å²) in [6, 6.07) is 6.91. The van der Waals surface area contributed by atoms with Gasteiger partial charge in [0, 0.05) is 47.7 Å². The predicted octanol–water partition coefficient (Wildman–Crippen LogP) is 3.83. The number of ether oxygens (including phenoxy) is 2. The Bertz CT molecular complexity index is 1310. The molecular formula is C25H26ClN5O5. The minimum absolute atomic E-state index is 0.0993. The summed E-state index contributed by atoms with van der Waals surface area (Å²) in [7, 11) is 0. The van der Waals surface area contributed by atoms with E-state index >= 15 is 0 Å². The van der Waals surface area contributed by atoms with Gasteiger partial charge in [0.25, 0.3) is 5.91 Å². The van der Waals surface area contributed by atoms with Crippen molar-refractivity contribution < 1.29 is 24.2 Å². The highest BCUT2D eigenvalue weighted by Gasteiger charge is 2.30. The second kappa shape index (κ2) is 10.1. The lowest BCUT2D eigenvalue weighted by Gasteiger charge is -2.33. The summed E-state index contributed by atoms with van der Waals surface area (Å²) in [6.45, 7) is 3.43. The Kier molecular flexibility index (Phi) is 6.71. The van der Waals surface area contributed by atoms with Crippen molar-refractivity contribution in [3.8, 4) is 17.0 Å². The van der Waals surface area contributed by atoms with E-state index in [4.69, 9.17) is 21.1 Å². The summed E-state index contributed by atoms with van der Waals surface area (Å²) in [5, 5.41) is 16.5. The Morgan fingerprint density at radius 2 is 2.25 bits per heavy atom. The van der Waals surface area contributed by atoms with Crippen molar-refractivity contribution in [3.63, 3.8) is 0 Å². The van der Waals surface area contributed by atoms with E-state index in [9.17, 15) is 14.7 Å². The predicted molar refractivity (Wildman–Crippen MR) is 134 cm³/mol. The number of nitrogens with zero attached hydrogens (tertiary/aromatic N) is 2. The average Bonchev–Trinajstić information content (AvgIpc) is 3.25. The molecule has 1 fully saturated rings. The second-order valence-electron chi connectivity index (χ2n) is 8.66. The van der Waals surface area contributed by atoms with Crippen LogP contribution in [-0.2, 0) is 11.2 Å². The van der Waals surface area contributed by atoms with E-state index in [2.05, 4.69) is 20.6 Å². The largest absolute Gasteiger partial charge is 0.489 e. The molecule has 36 heavy (non-hydrogen) atoms. The fraction of sp³-hybridized carbons (Fsp3) is 0.320. The molecule has 0 radical (unpaired) electrons. The van der Waals surface area contributed by atoms with Crippen LogP contribution in [0.3, 0.4) is 0 Å². The number of pyridine rings is 1. The molecule has 4 heterocycles. The third kappa shape index (κ3) is 4.57. The second-order valence-corrected chi connectivity index (χ2v) is 9.07. The average molecular weight is 512 g/mol. The van der Waals surface area contributed by atoms with Crippen LogP contribution in [0.2, 0.25) is 5.02 Å². The molecule has 1 saturated heterocycles. The van der Waals surface area contributed by atoms with Gasteiger partial charge in [0.05, 0.1) is 42.4 Å². The van der Waals surface area contributed by atoms with Gasteiger partial charge in [0.1, 0.15) is 12.4 Å². The number of hydrogen-bond acceptors (Lipinski definition) is 6. The Balaban J connectivity index is 1.52. The molecule has 5 rings (SSSR count). The maximum absolute atomic E-state index is 12.9. The summed E-state index contributed by atoms with van der Waals surface area (Å²) in [5.41, 5.74) is 4.95. The van der Waals surface area contributed by atoms with Crippen LogP contribution in [0, 0.1) is 6.92 Å². The zero-order chi connectivity index (χ0) is 25.2. The first-order chi connectivity index (χ1) is 17.4. The Morgan fingerprint density at radius 3 is 3.08 bits per heavy atom. The molecule has 2 aromatic heterocycles. The van der Waals surface area contributed by atoms with Crippen molar-refractivity contribution in [1.29, 1.82) is 0 Å². The molecule has 1 aromatic carbocycles. The molecule has 3 aromatic rings. The molecule has 10 nitrogen and oxygen atoms in total. The van der Waals surface area contributed by atoms with E-state index in [1.807, 2.05) is 25.1 Å². The highest BCUT2D eigenvalue weighted by atomic mass is 35.5. The highest BCUT2D eigenvalue weighted by Crippen LogP contribution is 2.41. The van der Waals surface area contributed by atoms with Crippen molar-refractivity contribution in [2.45, 2.75) is 19.4 Å². The van der Waals surface area contributed by atoms with Gasteiger partial charge in [-0.2, -0.15) is 0 Å². The van der Waals surface area contributed by atoms with E-state index in [-0.39, 0.29) is 25.7 Å². The number of amides is 2. The molecule has 0 aliphatic carbocycles. The third-order valence-corrected chi connectivity index (χ3v) is 6.86. The van der Waals surface area contributed by atoms with Crippen LogP contribution >= 0.6 is 11.6 Å². The van der Waals surface area contributed by atoms with Crippen molar-refractivity contribution in [2.75, 3.05) is 38.2 Å². The number of halogens is 1. The van der Waals surface area contributed by atoms with Crippen LogP contribution in [0.5, 0.6) is 5.75 Å². The van der Waals surface area contributed by atoms with Crippen LogP contribution < -0.4 is 15.4 Å². The molecule has 0 bridgehead atoms. The zero-order valence-corrected chi connectivity index (χ0v) is 20.4. The summed E-state index contributed by atoms with van der Waals surface area (Å²) in [4.78, 5) is 33.5. The van der Waals surface area contributed by atoms with Gasteiger partial charge < -0.3 is 30.2 Å². The minimum atomic E-state index is -1.01. The topological polar surface area (TPSA) is 129 Å². The SMILES string of the molecule is Cc1c(Cl)cccc1Nc1c(-c2ccncc2OC[C@H]2COCCN2C(=O)O)[nH]c2c1C(=O)NCC2. The van der Waals surface area contributed by atoms with Gasteiger partial charge >= 0.3 is 6.09 Å². The molecule has 188 valence electrons. The van der Waals surface area contributed by atoms with Gasteiger partial charge in [0.15, 0.2) is 0 Å². The lowest BCUT2D eigenvalue weighted by molar-refractivity contribution is -0.0148. The number of aromatic nitrogens is 2. The first-order valence-corrected chi connectivity index (χ1v) is 12.0. The number of fused-ring (bicyclic) bond motifs is 1. The maximum Gasteiger partial charge on any atom is 0.407 e. The monoisotopic (exact) mass is 511 g/mol. The van der Waals surface area contributed by atoms with Crippen LogP contribution in [-0.4, -0.2) is 70.9 Å². The van der Waals surface area contributed by atoms with Crippen molar-refractivity contribution in [3.05, 3.63) is 58.5 Å². The van der Waals surface area contributed by atoms with Gasteiger partial charge in [-0.25, -0.2) is 4.79 Å². The molecule has 2 aliphatic rings. The summed E-state index contributed by atoms with van der Waals surface area (Å²) >= 11 is 6.35. The summed E-state index contributed by atoms with van der Waals surface area (Å²) in [6.07, 6.45) is 2.87. The molecular weight excluding hydrogens is 486 g/mol. The van der Waals surface area contributed by atoms with Crippen molar-refractivity contribution in [1.82, 2.24) is 20.2 Å². The molecule has 4 N–H and O–H groups in total. The standard InChI is InChI=1S/C25H26ClN5O5/c1-14-17(26)3-2-4-18(14)29-23-21-19(6-8-28-24(21)32)30-22(23)16-5-7-27-11-20(16)36-13-15-12-35-10-9-31(15)25(33)34/h2-5,7,11,15,29-30H,6,8-10,12-13H2,1H3,(H,28,32)(H,33,34)/t15-/m1/s1. The number of nitrogens with one attached hydrogen (secondary N) is 3. The molecule has 0 saturated carbocycles. The quantitative estimate of drug-likeness (QED) is 0.396. The van der Waals surface area contributed by atoms with E-state index in [1.54, 1.807) is 18.5 Å². The molecule has 0 spiro atoms. The number of aromatic amines is 1. The van der Waals surface area contributed by atoms with Crippen molar-refractivity contribution >= 4 is 35.0 Å². The van der Waals surface area contributed by atoms with Crippen LogP contribution in [0.1, 0.15) is 21.6 Å². The number of carbonyl (C=O) groups excluding carboxylic acids is 1. The number of benzene rings is 1. The summed E-state index contributed by atoms with van der Waals surface area (Å²) in [5.74, 6) is 0.284. The van der Waals surface area contributed by atoms with E-state index in [0.717, 1.165) is 16.9 Å². The number of rotatable bonds is 6. The van der Waals surface area contributed by atoms with Crippen LogP contribution in [0.4, 0.5) is 16.2 Å². The first kappa shape index (κ1) is 24.0. The number of hydrogen-bond donors (Lipinski definition) is 4. The fourth-order valence-electron chi connectivity index (χ4n) is 4.52. The molecule has 2 amide bonds. The van der Waals surface area contributed by atoms with Crippen molar-refractivity contribution in [2.24, 2.45) is 0 Å². The minimum Gasteiger partial charge on any atom is -0.489 e. The van der Waals surface area contributed by atoms with Gasteiger partial charge in [-0.05, 0) is 30.7 Å². The van der Waals surface area contributed by atoms with E-state index in [1.165, 1.54) is 4.90 Å². The maximum atomic E-state index is 12.9.